The Kier molecular flexibility index (Phi) is 6.07. The van der Waals surface area contributed by atoms with E-state index in [9.17, 15) is 9.59 Å². The van der Waals surface area contributed by atoms with Crippen molar-refractivity contribution in [3.05, 3.63) is 27.8 Å². The number of urea groups is 1. The Balaban J connectivity index is 2.76. The normalized spacial score (nSPS) is 11.7. The predicted octanol–water partition coefficient (Wildman–Crippen LogP) is 3.01. The van der Waals surface area contributed by atoms with Crippen LogP contribution in [-0.4, -0.2) is 34.6 Å². The molecule has 1 aromatic carbocycles. The van der Waals surface area contributed by atoms with Crippen LogP contribution in [0.25, 0.3) is 0 Å². The van der Waals surface area contributed by atoms with Crippen LogP contribution in [0.1, 0.15) is 20.3 Å². The first-order valence-corrected chi connectivity index (χ1v) is 7.07. The number of nitrogens with one attached hydrogen (secondary N) is 1. The van der Waals surface area contributed by atoms with E-state index in [1.54, 1.807) is 12.1 Å². The lowest BCUT2D eigenvalue weighted by Gasteiger charge is -2.27. The van der Waals surface area contributed by atoms with Crippen molar-refractivity contribution in [2.75, 3.05) is 11.9 Å². The van der Waals surface area contributed by atoms with Crippen molar-refractivity contribution in [2.24, 2.45) is 0 Å². The van der Waals surface area contributed by atoms with Crippen molar-refractivity contribution in [3.8, 4) is 0 Å². The van der Waals surface area contributed by atoms with Gasteiger partial charge in [0.2, 0.25) is 0 Å². The molecule has 0 aliphatic rings. The first-order valence-electron chi connectivity index (χ1n) is 5.99. The first-order chi connectivity index (χ1) is 8.93. The summed E-state index contributed by atoms with van der Waals surface area (Å²) in [5, 5.41) is 11.6. The summed E-state index contributed by atoms with van der Waals surface area (Å²) in [6.45, 7) is 3.44. The number of carboxylic acid groups (broad SMARTS) is 1. The highest BCUT2D eigenvalue weighted by Gasteiger charge is 2.21. The lowest BCUT2D eigenvalue weighted by molar-refractivity contribution is -0.138. The number of carbonyl (C=O) groups excluding carboxylic acids is 1. The van der Waals surface area contributed by atoms with Gasteiger partial charge in [0.1, 0.15) is 6.54 Å². The number of carboxylic acids is 1. The van der Waals surface area contributed by atoms with Crippen LogP contribution in [0.4, 0.5) is 10.5 Å². The molecule has 0 bridgehead atoms. The molecule has 0 radical (unpaired) electrons. The minimum atomic E-state index is -1.02. The molecule has 0 saturated carbocycles. The third kappa shape index (κ3) is 5.06. The number of carbonyl (C=O) groups is 2. The van der Waals surface area contributed by atoms with Gasteiger partial charge in [-0.2, -0.15) is 0 Å². The molecule has 5 nitrogen and oxygen atoms in total. The van der Waals surface area contributed by atoms with Gasteiger partial charge in [0.25, 0.3) is 0 Å². The van der Waals surface area contributed by atoms with Crippen LogP contribution in [0.2, 0.25) is 0 Å². The molecule has 19 heavy (non-hydrogen) atoms. The Bertz CT molecular complexity index is 448. The van der Waals surface area contributed by atoms with E-state index in [-0.39, 0.29) is 12.6 Å². The molecule has 0 saturated heterocycles. The number of aliphatic carboxylic acids is 1. The van der Waals surface area contributed by atoms with Gasteiger partial charge in [-0.1, -0.05) is 6.92 Å². The molecule has 1 aromatic rings. The second kappa shape index (κ2) is 7.32. The average Bonchev–Trinajstić information content (AvgIpc) is 2.37. The number of hydrogen-bond donors (Lipinski definition) is 2. The molecule has 6 heteroatoms. The molecule has 0 aliphatic carbocycles. The molecule has 104 valence electrons. The third-order valence-electron chi connectivity index (χ3n) is 2.78. The summed E-state index contributed by atoms with van der Waals surface area (Å²) in [5.41, 5.74) is 0.657. The molecule has 0 spiro atoms. The van der Waals surface area contributed by atoms with Crippen LogP contribution < -0.4 is 5.32 Å². The fourth-order valence-electron chi connectivity index (χ4n) is 1.52. The van der Waals surface area contributed by atoms with Gasteiger partial charge in [0, 0.05) is 15.3 Å². The summed E-state index contributed by atoms with van der Waals surface area (Å²) in [7, 11) is 0. The number of amides is 2. The van der Waals surface area contributed by atoms with E-state index < -0.39 is 12.0 Å². The average molecular weight is 376 g/mol. The van der Waals surface area contributed by atoms with Gasteiger partial charge in [-0.3, -0.25) is 4.79 Å². The number of halogens is 1. The molecule has 2 amide bonds. The maximum atomic E-state index is 12.1. The van der Waals surface area contributed by atoms with Crippen molar-refractivity contribution in [1.29, 1.82) is 0 Å². The fourth-order valence-corrected chi connectivity index (χ4v) is 1.88. The standard InChI is InChI=1S/C13H17IN2O3/c1-3-9(2)16(8-12(17)18)13(19)15-11-6-4-10(14)5-7-11/h4-7,9H,3,8H2,1-2H3,(H,15,19)(H,17,18). The fraction of sp³-hybridized carbons (Fsp3) is 0.385. The van der Waals surface area contributed by atoms with Crippen molar-refractivity contribution in [1.82, 2.24) is 4.90 Å². The Morgan fingerprint density at radius 2 is 1.95 bits per heavy atom. The lowest BCUT2D eigenvalue weighted by Crippen LogP contribution is -2.44. The van der Waals surface area contributed by atoms with Gasteiger partial charge in [-0.25, -0.2) is 4.79 Å². The van der Waals surface area contributed by atoms with Crippen LogP contribution in [-0.2, 0) is 4.79 Å². The monoisotopic (exact) mass is 376 g/mol. The molecular weight excluding hydrogens is 359 g/mol. The first kappa shape index (κ1) is 15.7. The van der Waals surface area contributed by atoms with E-state index in [2.05, 4.69) is 27.9 Å². The largest absolute Gasteiger partial charge is 0.480 e. The summed E-state index contributed by atoms with van der Waals surface area (Å²) in [6.07, 6.45) is 0.702. The molecule has 0 heterocycles. The summed E-state index contributed by atoms with van der Waals surface area (Å²) >= 11 is 2.18. The van der Waals surface area contributed by atoms with Crippen LogP contribution in [0.5, 0.6) is 0 Å². The highest BCUT2D eigenvalue weighted by Crippen LogP contribution is 2.13. The van der Waals surface area contributed by atoms with E-state index in [4.69, 9.17) is 5.11 Å². The Morgan fingerprint density at radius 1 is 1.37 bits per heavy atom. The second-order valence-electron chi connectivity index (χ2n) is 4.22. The molecule has 2 N–H and O–H groups in total. The van der Waals surface area contributed by atoms with Crippen LogP contribution in [0.3, 0.4) is 0 Å². The zero-order chi connectivity index (χ0) is 14.4. The third-order valence-corrected chi connectivity index (χ3v) is 3.50. The SMILES string of the molecule is CCC(C)N(CC(=O)O)C(=O)Nc1ccc(I)cc1. The molecule has 0 aliphatic heterocycles. The Labute approximate surface area is 126 Å². The zero-order valence-electron chi connectivity index (χ0n) is 10.9. The van der Waals surface area contributed by atoms with Gasteiger partial charge < -0.3 is 15.3 Å². The molecule has 0 fully saturated rings. The van der Waals surface area contributed by atoms with E-state index >= 15 is 0 Å². The highest BCUT2D eigenvalue weighted by atomic mass is 127. The molecular formula is C13H17IN2O3. The smallest absolute Gasteiger partial charge is 0.323 e. The molecule has 1 unspecified atom stereocenters. The maximum absolute atomic E-state index is 12.1. The topological polar surface area (TPSA) is 69.6 Å². The van der Waals surface area contributed by atoms with Crippen LogP contribution >= 0.6 is 22.6 Å². The quantitative estimate of drug-likeness (QED) is 0.777. The van der Waals surface area contributed by atoms with Crippen molar-refractivity contribution in [2.45, 2.75) is 26.3 Å². The van der Waals surface area contributed by atoms with Crippen LogP contribution in [0, 0.1) is 3.57 Å². The highest BCUT2D eigenvalue weighted by molar-refractivity contribution is 14.1. The van der Waals surface area contributed by atoms with Crippen molar-refractivity contribution < 1.29 is 14.7 Å². The van der Waals surface area contributed by atoms with E-state index in [1.807, 2.05) is 26.0 Å². The summed E-state index contributed by atoms with van der Waals surface area (Å²) < 4.78 is 1.07. The zero-order valence-corrected chi connectivity index (χ0v) is 13.0. The van der Waals surface area contributed by atoms with Crippen molar-refractivity contribution in [3.63, 3.8) is 0 Å². The summed E-state index contributed by atoms with van der Waals surface area (Å²) in [4.78, 5) is 24.2. The van der Waals surface area contributed by atoms with E-state index in [1.165, 1.54) is 4.90 Å². The van der Waals surface area contributed by atoms with Gasteiger partial charge in [-0.15, -0.1) is 0 Å². The number of hydrogen-bond acceptors (Lipinski definition) is 2. The van der Waals surface area contributed by atoms with Crippen molar-refractivity contribution >= 4 is 40.3 Å². The summed E-state index contributed by atoms with van der Waals surface area (Å²) in [5.74, 6) is -1.02. The molecule has 1 rings (SSSR count). The predicted molar refractivity (Wildman–Crippen MR) is 82.3 cm³/mol. The minimum absolute atomic E-state index is 0.125. The Hall–Kier alpha value is -1.31. The van der Waals surface area contributed by atoms with Gasteiger partial charge in [-0.05, 0) is 60.2 Å². The van der Waals surface area contributed by atoms with Gasteiger partial charge in [0.15, 0.2) is 0 Å². The van der Waals surface area contributed by atoms with E-state index in [0.717, 1.165) is 3.57 Å². The number of nitrogens with zero attached hydrogens (tertiary/aromatic N) is 1. The Morgan fingerprint density at radius 3 is 2.42 bits per heavy atom. The molecule has 1 atom stereocenters. The summed E-state index contributed by atoms with van der Waals surface area (Å²) in [6, 6.07) is 6.81. The van der Waals surface area contributed by atoms with Gasteiger partial charge in [0.05, 0.1) is 0 Å². The number of benzene rings is 1. The minimum Gasteiger partial charge on any atom is -0.480 e. The molecule has 0 aromatic heterocycles. The van der Waals surface area contributed by atoms with E-state index in [0.29, 0.717) is 12.1 Å². The number of rotatable bonds is 5. The maximum Gasteiger partial charge on any atom is 0.323 e. The lowest BCUT2D eigenvalue weighted by atomic mass is 10.2. The number of anilines is 1. The van der Waals surface area contributed by atoms with Crippen LogP contribution in [0.15, 0.2) is 24.3 Å². The second-order valence-corrected chi connectivity index (χ2v) is 5.46. The van der Waals surface area contributed by atoms with Gasteiger partial charge >= 0.3 is 12.0 Å².